The van der Waals surface area contributed by atoms with Gasteiger partial charge in [-0.1, -0.05) is 18.2 Å². The molecule has 0 saturated carbocycles. The lowest BCUT2D eigenvalue weighted by atomic mass is 9.94. The highest BCUT2D eigenvalue weighted by Gasteiger charge is 2.18. The molecule has 0 amide bonds. The van der Waals surface area contributed by atoms with Crippen LogP contribution in [0.4, 0.5) is 5.69 Å². The van der Waals surface area contributed by atoms with Gasteiger partial charge in [0.2, 0.25) is 0 Å². The highest BCUT2D eigenvalue weighted by molar-refractivity contribution is 7.80. The third kappa shape index (κ3) is 6.57. The second kappa shape index (κ2) is 10.9. The summed E-state index contributed by atoms with van der Waals surface area (Å²) in [5, 5.41) is 4.35. The van der Waals surface area contributed by atoms with E-state index in [0.29, 0.717) is 5.92 Å². The standard InChI is InChI=1S/C23H35N3OS/c1-19-9-10-22(17-20(19)2)24-23(28)26(18-21-7-4-3-5-8-21)12-6-11-25-13-15-27-16-14-25/h3-4,9-10,17,21H,5-8,11-16,18H2,1-2H3,(H,24,28). The van der Waals surface area contributed by atoms with E-state index in [9.17, 15) is 0 Å². The molecule has 1 N–H and O–H groups in total. The second-order valence-electron chi connectivity index (χ2n) is 8.13. The number of allylic oxidation sites excluding steroid dienone is 2. The topological polar surface area (TPSA) is 27.7 Å². The molecular weight excluding hydrogens is 366 g/mol. The molecule has 1 unspecified atom stereocenters. The van der Waals surface area contributed by atoms with Gasteiger partial charge < -0.3 is 15.0 Å². The van der Waals surface area contributed by atoms with Gasteiger partial charge >= 0.3 is 0 Å². The average Bonchev–Trinajstić information content (AvgIpc) is 2.71. The van der Waals surface area contributed by atoms with Crippen LogP contribution in [0.1, 0.15) is 36.8 Å². The summed E-state index contributed by atoms with van der Waals surface area (Å²) >= 11 is 5.84. The van der Waals surface area contributed by atoms with Gasteiger partial charge in [0.25, 0.3) is 0 Å². The Morgan fingerprint density at radius 3 is 2.75 bits per heavy atom. The molecule has 4 nitrogen and oxygen atoms in total. The van der Waals surface area contributed by atoms with Crippen molar-refractivity contribution in [2.45, 2.75) is 39.5 Å². The molecule has 5 heteroatoms. The van der Waals surface area contributed by atoms with Crippen molar-refractivity contribution in [1.29, 1.82) is 0 Å². The molecule has 154 valence electrons. The Bertz CT molecular complexity index is 670. The van der Waals surface area contributed by atoms with Gasteiger partial charge in [-0.05, 0) is 80.9 Å². The van der Waals surface area contributed by atoms with Gasteiger partial charge in [0.15, 0.2) is 5.11 Å². The highest BCUT2D eigenvalue weighted by atomic mass is 32.1. The summed E-state index contributed by atoms with van der Waals surface area (Å²) in [4.78, 5) is 4.90. The zero-order valence-corrected chi connectivity index (χ0v) is 18.3. The summed E-state index contributed by atoms with van der Waals surface area (Å²) in [7, 11) is 0. The van der Waals surface area contributed by atoms with E-state index >= 15 is 0 Å². The predicted octanol–water partition coefficient (Wildman–Crippen LogP) is 4.38. The van der Waals surface area contributed by atoms with Crippen LogP contribution < -0.4 is 5.32 Å². The number of nitrogens with one attached hydrogen (secondary N) is 1. The maximum absolute atomic E-state index is 5.84. The molecule has 1 heterocycles. The van der Waals surface area contributed by atoms with E-state index in [4.69, 9.17) is 17.0 Å². The van der Waals surface area contributed by atoms with Crippen molar-refractivity contribution in [3.8, 4) is 0 Å². The van der Waals surface area contributed by atoms with Crippen LogP contribution in [-0.2, 0) is 4.74 Å². The molecule has 0 spiro atoms. The van der Waals surface area contributed by atoms with Gasteiger partial charge in [-0.15, -0.1) is 0 Å². The number of nitrogens with zero attached hydrogens (tertiary/aromatic N) is 2. The van der Waals surface area contributed by atoms with Crippen LogP contribution in [0.3, 0.4) is 0 Å². The Morgan fingerprint density at radius 2 is 2.04 bits per heavy atom. The normalized spacial score (nSPS) is 20.1. The smallest absolute Gasteiger partial charge is 0.173 e. The number of hydrogen-bond acceptors (Lipinski definition) is 3. The third-order valence-corrected chi connectivity index (χ3v) is 6.27. The van der Waals surface area contributed by atoms with Crippen LogP contribution in [-0.4, -0.2) is 60.8 Å². The van der Waals surface area contributed by atoms with E-state index in [-0.39, 0.29) is 0 Å². The minimum Gasteiger partial charge on any atom is -0.379 e. The predicted molar refractivity (Wildman–Crippen MR) is 122 cm³/mol. The van der Waals surface area contributed by atoms with Gasteiger partial charge in [-0.3, -0.25) is 4.90 Å². The largest absolute Gasteiger partial charge is 0.379 e. The van der Waals surface area contributed by atoms with Crippen molar-refractivity contribution < 1.29 is 4.74 Å². The fourth-order valence-electron chi connectivity index (χ4n) is 3.94. The van der Waals surface area contributed by atoms with Crippen molar-refractivity contribution in [3.63, 3.8) is 0 Å². The summed E-state index contributed by atoms with van der Waals surface area (Å²) in [6.07, 6.45) is 9.42. The molecule has 2 aliphatic rings. The first-order valence-corrected chi connectivity index (χ1v) is 11.1. The van der Waals surface area contributed by atoms with E-state index in [2.05, 4.69) is 59.3 Å². The highest BCUT2D eigenvalue weighted by Crippen LogP contribution is 2.21. The molecule has 1 aliphatic heterocycles. The van der Waals surface area contributed by atoms with E-state index in [1.807, 2.05) is 0 Å². The molecule has 1 aromatic rings. The minimum atomic E-state index is 0.702. The number of ether oxygens (including phenoxy) is 1. The average molecular weight is 402 g/mol. The van der Waals surface area contributed by atoms with Crippen molar-refractivity contribution in [2.24, 2.45) is 5.92 Å². The fourth-order valence-corrected chi connectivity index (χ4v) is 4.22. The monoisotopic (exact) mass is 401 g/mol. The summed E-state index contributed by atoms with van der Waals surface area (Å²) in [5.74, 6) is 0.702. The summed E-state index contributed by atoms with van der Waals surface area (Å²) in [5.41, 5.74) is 3.70. The van der Waals surface area contributed by atoms with Gasteiger partial charge in [0.1, 0.15) is 0 Å². The fraction of sp³-hybridized carbons (Fsp3) is 0.609. The van der Waals surface area contributed by atoms with Crippen molar-refractivity contribution in [2.75, 3.05) is 51.3 Å². The molecule has 3 rings (SSSR count). The van der Waals surface area contributed by atoms with E-state index in [0.717, 1.165) is 63.2 Å². The molecule has 1 saturated heterocycles. The van der Waals surface area contributed by atoms with Crippen LogP contribution in [0.2, 0.25) is 0 Å². The number of anilines is 1. The van der Waals surface area contributed by atoms with Crippen LogP contribution >= 0.6 is 12.2 Å². The molecule has 1 aromatic carbocycles. The number of thiocarbonyl (C=S) groups is 1. The maximum Gasteiger partial charge on any atom is 0.173 e. The number of morpholine rings is 1. The summed E-state index contributed by atoms with van der Waals surface area (Å²) < 4.78 is 5.46. The van der Waals surface area contributed by atoms with E-state index in [1.54, 1.807) is 0 Å². The van der Waals surface area contributed by atoms with Crippen LogP contribution in [0.5, 0.6) is 0 Å². The Kier molecular flexibility index (Phi) is 8.31. The number of aryl methyl sites for hydroxylation is 2. The molecule has 0 bridgehead atoms. The lowest BCUT2D eigenvalue weighted by molar-refractivity contribution is 0.0367. The van der Waals surface area contributed by atoms with Crippen LogP contribution in [0, 0.1) is 19.8 Å². The molecule has 28 heavy (non-hydrogen) atoms. The molecule has 1 atom stereocenters. The first kappa shape index (κ1) is 21.3. The number of hydrogen-bond donors (Lipinski definition) is 1. The van der Waals surface area contributed by atoms with Gasteiger partial charge in [0.05, 0.1) is 13.2 Å². The molecular formula is C23H35N3OS. The molecule has 1 aliphatic carbocycles. The Balaban J connectivity index is 1.57. The van der Waals surface area contributed by atoms with Crippen LogP contribution in [0.25, 0.3) is 0 Å². The maximum atomic E-state index is 5.84. The van der Waals surface area contributed by atoms with Crippen molar-refractivity contribution >= 4 is 23.0 Å². The first-order valence-electron chi connectivity index (χ1n) is 10.7. The minimum absolute atomic E-state index is 0.702. The number of rotatable bonds is 7. The Morgan fingerprint density at radius 1 is 1.21 bits per heavy atom. The van der Waals surface area contributed by atoms with Gasteiger partial charge in [0, 0.05) is 38.4 Å². The van der Waals surface area contributed by atoms with E-state index < -0.39 is 0 Å². The quantitative estimate of drug-likeness (QED) is 0.541. The molecule has 0 radical (unpaired) electrons. The molecule has 1 fully saturated rings. The van der Waals surface area contributed by atoms with Crippen molar-refractivity contribution in [3.05, 3.63) is 41.5 Å². The second-order valence-corrected chi connectivity index (χ2v) is 8.52. The van der Waals surface area contributed by atoms with Crippen molar-refractivity contribution in [1.82, 2.24) is 9.80 Å². The Labute approximate surface area is 175 Å². The van der Waals surface area contributed by atoms with Gasteiger partial charge in [-0.2, -0.15) is 0 Å². The van der Waals surface area contributed by atoms with Crippen LogP contribution in [0.15, 0.2) is 30.4 Å². The van der Waals surface area contributed by atoms with E-state index in [1.165, 1.54) is 30.4 Å². The number of benzene rings is 1. The Hall–Kier alpha value is -1.43. The lowest BCUT2D eigenvalue weighted by Gasteiger charge is -2.32. The zero-order valence-electron chi connectivity index (χ0n) is 17.5. The zero-order chi connectivity index (χ0) is 19.8. The summed E-state index contributed by atoms with van der Waals surface area (Å²) in [6.45, 7) is 11.3. The third-order valence-electron chi connectivity index (χ3n) is 5.91. The first-order chi connectivity index (χ1) is 13.6. The SMILES string of the molecule is Cc1ccc(NC(=S)N(CCCN2CCOCC2)CC2CC=CCC2)cc1C. The summed E-state index contributed by atoms with van der Waals surface area (Å²) in [6, 6.07) is 6.48. The molecule has 0 aromatic heterocycles. The van der Waals surface area contributed by atoms with Gasteiger partial charge in [-0.25, -0.2) is 0 Å². The lowest BCUT2D eigenvalue weighted by Crippen LogP contribution is -2.42.